The number of benzene rings is 2. The number of pyridine rings is 1. The van der Waals surface area contributed by atoms with E-state index in [2.05, 4.69) is 37.4 Å². The van der Waals surface area contributed by atoms with Crippen LogP contribution in [-0.2, 0) is 17.9 Å². The van der Waals surface area contributed by atoms with Gasteiger partial charge in [0.15, 0.2) is 0 Å². The molecule has 2 aromatic carbocycles. The predicted octanol–water partition coefficient (Wildman–Crippen LogP) is 3.76. The van der Waals surface area contributed by atoms with Gasteiger partial charge in [0.05, 0.1) is 11.6 Å². The predicted molar refractivity (Wildman–Crippen MR) is 128 cm³/mol. The van der Waals surface area contributed by atoms with Crippen LogP contribution in [0, 0.1) is 13.8 Å². The normalized spacial score (nSPS) is 15.5. The molecule has 4 rings (SSSR count). The van der Waals surface area contributed by atoms with Crippen molar-refractivity contribution in [3.8, 4) is 0 Å². The molecule has 1 aliphatic heterocycles. The smallest absolute Gasteiger partial charge is 0.253 e. The number of amides is 2. The molecule has 2 heterocycles. The summed E-state index contributed by atoms with van der Waals surface area (Å²) in [6, 6.07) is 18.8. The maximum Gasteiger partial charge on any atom is 0.253 e. The highest BCUT2D eigenvalue weighted by Gasteiger charge is 2.30. The van der Waals surface area contributed by atoms with E-state index in [0.717, 1.165) is 24.0 Å². The molecular weight excluding hydrogens is 414 g/mol. The lowest BCUT2D eigenvalue weighted by atomic mass is 9.99. The molecule has 1 atom stereocenters. The molecule has 1 saturated heterocycles. The molecule has 6 nitrogen and oxygen atoms in total. The number of aromatic nitrogens is 1. The summed E-state index contributed by atoms with van der Waals surface area (Å²) in [6.45, 7) is 5.13. The lowest BCUT2D eigenvalue weighted by Crippen LogP contribution is -2.36. The monoisotopic (exact) mass is 443 g/mol. The molecule has 1 aromatic heterocycles. The summed E-state index contributed by atoms with van der Waals surface area (Å²) in [6.07, 6.45) is 3.31. The SMILES string of the molecule is Cc1ccc([C@@H]2CCCN2C(=O)Cn2cc(C(=O)NCc3ccccc3)ccc2=O)cc1C. The Hall–Kier alpha value is -3.67. The van der Waals surface area contributed by atoms with E-state index in [4.69, 9.17) is 0 Å². The molecular formula is C27H29N3O3. The second kappa shape index (κ2) is 9.86. The third-order valence-corrected chi connectivity index (χ3v) is 6.34. The van der Waals surface area contributed by atoms with E-state index >= 15 is 0 Å². The lowest BCUT2D eigenvalue weighted by Gasteiger charge is -2.26. The minimum Gasteiger partial charge on any atom is -0.348 e. The first-order chi connectivity index (χ1) is 15.9. The zero-order valence-corrected chi connectivity index (χ0v) is 19.1. The number of likely N-dealkylation sites (tertiary alicyclic amines) is 1. The highest BCUT2D eigenvalue weighted by Crippen LogP contribution is 2.33. The van der Waals surface area contributed by atoms with Crippen molar-refractivity contribution in [2.45, 2.75) is 45.8 Å². The second-order valence-electron chi connectivity index (χ2n) is 8.64. The Labute approximate surface area is 193 Å². The summed E-state index contributed by atoms with van der Waals surface area (Å²) in [7, 11) is 0. The van der Waals surface area contributed by atoms with E-state index in [9.17, 15) is 14.4 Å². The van der Waals surface area contributed by atoms with Crippen LogP contribution in [0.4, 0.5) is 0 Å². The second-order valence-corrected chi connectivity index (χ2v) is 8.64. The number of hydrogen-bond donors (Lipinski definition) is 1. The van der Waals surface area contributed by atoms with E-state index in [1.165, 1.54) is 34.0 Å². The van der Waals surface area contributed by atoms with Crippen molar-refractivity contribution in [2.24, 2.45) is 0 Å². The van der Waals surface area contributed by atoms with Crippen molar-refractivity contribution in [3.63, 3.8) is 0 Å². The summed E-state index contributed by atoms with van der Waals surface area (Å²) in [4.78, 5) is 40.0. The number of carbonyl (C=O) groups is 2. The van der Waals surface area contributed by atoms with Crippen LogP contribution in [0.2, 0.25) is 0 Å². The number of carbonyl (C=O) groups excluding carboxylic acids is 2. The molecule has 6 heteroatoms. The van der Waals surface area contributed by atoms with Gasteiger partial charge in [-0.2, -0.15) is 0 Å². The number of hydrogen-bond acceptors (Lipinski definition) is 3. The van der Waals surface area contributed by atoms with E-state index < -0.39 is 0 Å². The van der Waals surface area contributed by atoms with Crippen LogP contribution in [-0.4, -0.2) is 27.8 Å². The summed E-state index contributed by atoms with van der Waals surface area (Å²) >= 11 is 0. The molecule has 3 aromatic rings. The van der Waals surface area contributed by atoms with Crippen LogP contribution in [0.15, 0.2) is 71.7 Å². The van der Waals surface area contributed by atoms with Crippen LogP contribution in [0.1, 0.15) is 51.5 Å². The molecule has 0 bridgehead atoms. The fourth-order valence-corrected chi connectivity index (χ4v) is 4.29. The van der Waals surface area contributed by atoms with Crippen LogP contribution in [0.3, 0.4) is 0 Å². The fraction of sp³-hybridized carbons (Fsp3) is 0.296. The third-order valence-electron chi connectivity index (χ3n) is 6.34. The Morgan fingerprint density at radius 3 is 2.55 bits per heavy atom. The molecule has 1 aliphatic rings. The molecule has 0 radical (unpaired) electrons. The van der Waals surface area contributed by atoms with Crippen LogP contribution >= 0.6 is 0 Å². The zero-order chi connectivity index (χ0) is 23.4. The molecule has 2 amide bonds. The van der Waals surface area contributed by atoms with Gasteiger partial charge < -0.3 is 14.8 Å². The average Bonchev–Trinajstić information content (AvgIpc) is 3.31. The third kappa shape index (κ3) is 5.22. The van der Waals surface area contributed by atoms with Crippen molar-refractivity contribution in [2.75, 3.05) is 6.54 Å². The van der Waals surface area contributed by atoms with Gasteiger partial charge in [-0.1, -0.05) is 48.5 Å². The highest BCUT2D eigenvalue weighted by atomic mass is 16.2. The van der Waals surface area contributed by atoms with E-state index in [-0.39, 0.29) is 30.0 Å². The van der Waals surface area contributed by atoms with Gasteiger partial charge in [-0.05, 0) is 55.0 Å². The topological polar surface area (TPSA) is 71.4 Å². The molecule has 33 heavy (non-hydrogen) atoms. The molecule has 0 aliphatic carbocycles. The Kier molecular flexibility index (Phi) is 6.73. The number of rotatable bonds is 6. The van der Waals surface area contributed by atoms with E-state index in [1.807, 2.05) is 35.2 Å². The standard InChI is InChI=1S/C27H29N3O3/c1-19-10-11-22(15-20(19)2)24-9-6-14-30(24)26(32)18-29-17-23(12-13-25(29)31)27(33)28-16-21-7-4-3-5-8-21/h3-5,7-8,10-13,15,17,24H,6,9,14,16,18H2,1-2H3,(H,28,33)/t24-/m0/s1. The first-order valence-electron chi connectivity index (χ1n) is 11.3. The van der Waals surface area contributed by atoms with Gasteiger partial charge in [0.1, 0.15) is 6.54 Å². The van der Waals surface area contributed by atoms with Gasteiger partial charge >= 0.3 is 0 Å². The molecule has 170 valence electrons. The molecule has 0 saturated carbocycles. The largest absolute Gasteiger partial charge is 0.348 e. The number of nitrogens with zero attached hydrogens (tertiary/aromatic N) is 2. The summed E-state index contributed by atoms with van der Waals surface area (Å²) < 4.78 is 1.33. The Morgan fingerprint density at radius 2 is 1.79 bits per heavy atom. The van der Waals surface area contributed by atoms with Gasteiger partial charge in [-0.25, -0.2) is 0 Å². The summed E-state index contributed by atoms with van der Waals surface area (Å²) in [5.74, 6) is -0.395. The van der Waals surface area contributed by atoms with Crippen molar-refractivity contribution >= 4 is 11.8 Å². The Bertz CT molecular complexity index is 1220. The van der Waals surface area contributed by atoms with E-state index in [0.29, 0.717) is 18.7 Å². The zero-order valence-electron chi connectivity index (χ0n) is 19.1. The molecule has 1 fully saturated rings. The maximum atomic E-state index is 13.2. The fourth-order valence-electron chi connectivity index (χ4n) is 4.29. The van der Waals surface area contributed by atoms with Gasteiger partial charge in [-0.15, -0.1) is 0 Å². The van der Waals surface area contributed by atoms with E-state index in [1.54, 1.807) is 0 Å². The Morgan fingerprint density at radius 1 is 1.00 bits per heavy atom. The minimum absolute atomic E-state index is 0.0184. The first kappa shape index (κ1) is 22.5. The van der Waals surface area contributed by atoms with Crippen molar-refractivity contribution in [1.29, 1.82) is 0 Å². The van der Waals surface area contributed by atoms with Gasteiger partial charge in [0, 0.05) is 25.4 Å². The lowest BCUT2D eigenvalue weighted by molar-refractivity contribution is -0.132. The van der Waals surface area contributed by atoms with Crippen molar-refractivity contribution < 1.29 is 9.59 Å². The quantitative estimate of drug-likeness (QED) is 0.631. The van der Waals surface area contributed by atoms with Crippen LogP contribution < -0.4 is 10.9 Å². The average molecular weight is 444 g/mol. The molecule has 0 spiro atoms. The summed E-state index contributed by atoms with van der Waals surface area (Å²) in [5, 5.41) is 2.86. The molecule has 0 unspecified atom stereocenters. The maximum absolute atomic E-state index is 13.2. The molecule has 1 N–H and O–H groups in total. The van der Waals surface area contributed by atoms with Gasteiger partial charge in [-0.3, -0.25) is 14.4 Å². The number of nitrogens with one attached hydrogen (secondary N) is 1. The van der Waals surface area contributed by atoms with Crippen LogP contribution in [0.25, 0.3) is 0 Å². The first-order valence-corrected chi connectivity index (χ1v) is 11.3. The number of aryl methyl sites for hydroxylation is 2. The van der Waals surface area contributed by atoms with Gasteiger partial charge in [0.2, 0.25) is 5.91 Å². The highest BCUT2D eigenvalue weighted by molar-refractivity contribution is 5.93. The van der Waals surface area contributed by atoms with Crippen molar-refractivity contribution in [1.82, 2.24) is 14.8 Å². The van der Waals surface area contributed by atoms with Crippen LogP contribution in [0.5, 0.6) is 0 Å². The summed E-state index contributed by atoms with van der Waals surface area (Å²) in [5.41, 5.74) is 4.60. The van der Waals surface area contributed by atoms with Gasteiger partial charge in [0.25, 0.3) is 11.5 Å². The van der Waals surface area contributed by atoms with Crippen molar-refractivity contribution in [3.05, 3.63) is 105 Å². The minimum atomic E-state index is -0.301. The Balaban J connectivity index is 1.46.